The minimum atomic E-state index is -3.49. The first-order valence-electron chi connectivity index (χ1n) is 5.84. The summed E-state index contributed by atoms with van der Waals surface area (Å²) in [7, 11) is -0.598. The lowest BCUT2D eigenvalue weighted by molar-refractivity contribution is 0.469. The highest BCUT2D eigenvalue weighted by Crippen LogP contribution is 2.27. The lowest BCUT2D eigenvalue weighted by atomic mass is 10.1. The first-order valence-corrected chi connectivity index (χ1v) is 7.28. The predicted molar refractivity (Wildman–Crippen MR) is 74.4 cm³/mol. The van der Waals surface area contributed by atoms with Gasteiger partial charge in [0.1, 0.15) is 11.6 Å². The number of sulfonamides is 1. The van der Waals surface area contributed by atoms with E-state index >= 15 is 0 Å². The van der Waals surface area contributed by atoms with Crippen LogP contribution in [-0.4, -0.2) is 31.9 Å². The fraction of sp³-hybridized carbons (Fsp3) is 0.143. The molecule has 0 fully saturated rings. The van der Waals surface area contributed by atoms with Gasteiger partial charge in [0.15, 0.2) is 0 Å². The van der Waals surface area contributed by atoms with Crippen LogP contribution in [0.5, 0.6) is 5.75 Å². The van der Waals surface area contributed by atoms with Crippen molar-refractivity contribution in [1.29, 1.82) is 0 Å². The molecule has 0 aliphatic rings. The molecular weight excluding hydrogens is 281 g/mol. The zero-order valence-corrected chi connectivity index (χ0v) is 11.9. The summed E-state index contributed by atoms with van der Waals surface area (Å²) in [5.74, 6) is -0.716. The van der Waals surface area contributed by atoms with Gasteiger partial charge < -0.3 is 5.11 Å². The molecule has 0 radical (unpaired) electrons. The highest BCUT2D eigenvalue weighted by Gasteiger charge is 2.17. The Kier molecular flexibility index (Phi) is 3.78. The number of phenols is 1. The summed E-state index contributed by atoms with van der Waals surface area (Å²) in [5.41, 5.74) is 0.844. The number of benzene rings is 2. The third-order valence-electron chi connectivity index (χ3n) is 2.90. The summed E-state index contributed by atoms with van der Waals surface area (Å²) >= 11 is 0. The lowest BCUT2D eigenvalue weighted by Gasteiger charge is -2.12. The Morgan fingerprint density at radius 1 is 1.05 bits per heavy atom. The van der Waals surface area contributed by atoms with E-state index in [1.807, 2.05) is 0 Å². The second-order valence-electron chi connectivity index (χ2n) is 4.48. The van der Waals surface area contributed by atoms with E-state index in [-0.39, 0.29) is 10.6 Å². The maximum atomic E-state index is 13.7. The minimum absolute atomic E-state index is 0.144. The van der Waals surface area contributed by atoms with E-state index in [4.69, 9.17) is 0 Å². The van der Waals surface area contributed by atoms with Crippen LogP contribution in [-0.2, 0) is 10.0 Å². The number of hydrogen-bond acceptors (Lipinski definition) is 3. The Balaban J connectivity index is 2.43. The zero-order valence-electron chi connectivity index (χ0n) is 11.0. The Labute approximate surface area is 117 Å². The van der Waals surface area contributed by atoms with Gasteiger partial charge in [0.05, 0.1) is 4.90 Å². The van der Waals surface area contributed by atoms with Gasteiger partial charge in [0.25, 0.3) is 0 Å². The van der Waals surface area contributed by atoms with Crippen molar-refractivity contribution < 1.29 is 17.9 Å². The molecule has 0 spiro atoms. The van der Waals surface area contributed by atoms with Gasteiger partial charge in [-0.05, 0) is 29.8 Å². The largest absolute Gasteiger partial charge is 0.508 e. The standard InChI is InChI=1S/C14H14FNO3S/c1-16(2)20(18,19)12-6-3-10(4-7-12)13-8-5-11(17)9-14(13)15/h3-9,17H,1-2H3. The van der Waals surface area contributed by atoms with Gasteiger partial charge in [-0.2, -0.15) is 0 Å². The van der Waals surface area contributed by atoms with Crippen molar-refractivity contribution in [3.8, 4) is 16.9 Å². The molecule has 0 aromatic heterocycles. The first kappa shape index (κ1) is 14.5. The van der Waals surface area contributed by atoms with Crippen LogP contribution in [0, 0.1) is 5.82 Å². The molecule has 20 heavy (non-hydrogen) atoms. The molecule has 0 aliphatic carbocycles. The summed E-state index contributed by atoms with van der Waals surface area (Å²) in [6, 6.07) is 9.76. The van der Waals surface area contributed by atoms with Gasteiger partial charge in [-0.3, -0.25) is 0 Å². The molecule has 106 valence electrons. The Hall–Kier alpha value is -1.92. The third-order valence-corrected chi connectivity index (χ3v) is 4.73. The molecule has 1 N–H and O–H groups in total. The van der Waals surface area contributed by atoms with E-state index in [0.717, 1.165) is 10.4 Å². The molecule has 2 rings (SSSR count). The van der Waals surface area contributed by atoms with Crippen LogP contribution in [0.15, 0.2) is 47.4 Å². The van der Waals surface area contributed by atoms with Crippen molar-refractivity contribution in [2.45, 2.75) is 4.90 Å². The fourth-order valence-corrected chi connectivity index (χ4v) is 2.66. The third kappa shape index (κ3) is 2.66. The highest BCUT2D eigenvalue weighted by molar-refractivity contribution is 7.89. The van der Waals surface area contributed by atoms with Crippen LogP contribution < -0.4 is 0 Å². The minimum Gasteiger partial charge on any atom is -0.508 e. The van der Waals surface area contributed by atoms with Gasteiger partial charge in [0, 0.05) is 25.7 Å². The second-order valence-corrected chi connectivity index (χ2v) is 6.63. The molecule has 0 atom stereocenters. The molecule has 0 amide bonds. The van der Waals surface area contributed by atoms with E-state index in [9.17, 15) is 17.9 Å². The molecule has 0 bridgehead atoms. The van der Waals surface area contributed by atoms with Crippen molar-refractivity contribution in [3.05, 3.63) is 48.3 Å². The van der Waals surface area contributed by atoms with Crippen molar-refractivity contribution in [1.82, 2.24) is 4.31 Å². The van der Waals surface area contributed by atoms with E-state index in [1.165, 1.54) is 50.5 Å². The Bertz CT molecular complexity index is 725. The average molecular weight is 295 g/mol. The van der Waals surface area contributed by atoms with Crippen molar-refractivity contribution >= 4 is 10.0 Å². The van der Waals surface area contributed by atoms with Crippen molar-refractivity contribution in [2.24, 2.45) is 0 Å². The van der Waals surface area contributed by atoms with Gasteiger partial charge in [-0.15, -0.1) is 0 Å². The molecule has 0 saturated carbocycles. The fourth-order valence-electron chi connectivity index (χ4n) is 1.76. The summed E-state index contributed by atoms with van der Waals surface area (Å²) in [6.45, 7) is 0. The van der Waals surface area contributed by atoms with Gasteiger partial charge in [-0.1, -0.05) is 12.1 Å². The van der Waals surface area contributed by atoms with Gasteiger partial charge in [0.2, 0.25) is 10.0 Å². The maximum Gasteiger partial charge on any atom is 0.242 e. The smallest absolute Gasteiger partial charge is 0.242 e. The molecular formula is C14H14FNO3S. The van der Waals surface area contributed by atoms with Crippen molar-refractivity contribution in [2.75, 3.05) is 14.1 Å². The quantitative estimate of drug-likeness (QED) is 0.946. The van der Waals surface area contributed by atoms with Crippen LogP contribution in [0.4, 0.5) is 4.39 Å². The van der Waals surface area contributed by atoms with Gasteiger partial charge in [-0.25, -0.2) is 17.1 Å². The topological polar surface area (TPSA) is 57.6 Å². The monoisotopic (exact) mass is 295 g/mol. The second kappa shape index (κ2) is 5.22. The van der Waals surface area contributed by atoms with E-state index in [2.05, 4.69) is 0 Å². The predicted octanol–water partition coefficient (Wildman–Crippen LogP) is 2.45. The summed E-state index contributed by atoms with van der Waals surface area (Å²) in [4.78, 5) is 0.144. The number of aromatic hydroxyl groups is 1. The zero-order chi connectivity index (χ0) is 14.9. The molecule has 2 aromatic carbocycles. The van der Waals surface area contributed by atoms with Crippen LogP contribution in [0.1, 0.15) is 0 Å². The number of hydrogen-bond donors (Lipinski definition) is 1. The average Bonchev–Trinajstić information content (AvgIpc) is 2.38. The van der Waals surface area contributed by atoms with Crippen LogP contribution in [0.3, 0.4) is 0 Å². The molecule has 4 nitrogen and oxygen atoms in total. The maximum absolute atomic E-state index is 13.7. The highest BCUT2D eigenvalue weighted by atomic mass is 32.2. The first-order chi connectivity index (χ1) is 9.32. The molecule has 0 unspecified atom stereocenters. The Morgan fingerprint density at radius 2 is 1.65 bits per heavy atom. The summed E-state index contributed by atoms with van der Waals surface area (Å²) < 4.78 is 38.6. The summed E-state index contributed by atoms with van der Waals surface area (Å²) in [5, 5.41) is 9.17. The van der Waals surface area contributed by atoms with Gasteiger partial charge >= 0.3 is 0 Å². The van der Waals surface area contributed by atoms with E-state index < -0.39 is 15.8 Å². The molecule has 0 aliphatic heterocycles. The van der Waals surface area contributed by atoms with Crippen LogP contribution >= 0.6 is 0 Å². The molecule has 2 aromatic rings. The van der Waals surface area contributed by atoms with E-state index in [0.29, 0.717) is 11.1 Å². The number of halogens is 1. The summed E-state index contributed by atoms with van der Waals surface area (Å²) in [6.07, 6.45) is 0. The molecule has 0 saturated heterocycles. The number of rotatable bonds is 3. The van der Waals surface area contributed by atoms with Crippen LogP contribution in [0.25, 0.3) is 11.1 Å². The normalized spacial score (nSPS) is 11.8. The number of nitrogens with zero attached hydrogens (tertiary/aromatic N) is 1. The lowest BCUT2D eigenvalue weighted by Crippen LogP contribution is -2.22. The van der Waals surface area contributed by atoms with E-state index in [1.54, 1.807) is 0 Å². The van der Waals surface area contributed by atoms with Crippen LogP contribution in [0.2, 0.25) is 0 Å². The SMILES string of the molecule is CN(C)S(=O)(=O)c1ccc(-c2ccc(O)cc2F)cc1. The number of phenolic OH excluding ortho intramolecular Hbond substituents is 1. The van der Waals surface area contributed by atoms with Crippen molar-refractivity contribution in [3.63, 3.8) is 0 Å². The molecule has 0 heterocycles. The Morgan fingerprint density at radius 3 is 2.15 bits per heavy atom. The molecule has 6 heteroatoms.